The Morgan fingerprint density at radius 3 is 2.66 bits per heavy atom. The van der Waals surface area contributed by atoms with E-state index in [4.69, 9.17) is 25.8 Å². The summed E-state index contributed by atoms with van der Waals surface area (Å²) in [6.07, 6.45) is 3.05. The predicted molar refractivity (Wildman–Crippen MR) is 138 cm³/mol. The van der Waals surface area contributed by atoms with Crippen LogP contribution in [0.1, 0.15) is 41.1 Å². The number of Topliss-reactive ketones (excluding diaryl/α,β-unsaturated/α-hetero) is 2. The molecule has 0 amide bonds. The molecule has 2 N–H and O–H groups in total. The summed E-state index contributed by atoms with van der Waals surface area (Å²) in [4.78, 5) is 35.8. The number of ketones is 2. The topological polar surface area (TPSA) is 136 Å². The van der Waals surface area contributed by atoms with Gasteiger partial charge in [-0.1, -0.05) is 48.9 Å². The summed E-state index contributed by atoms with van der Waals surface area (Å²) in [5.74, 6) is -1.22. The van der Waals surface area contributed by atoms with Gasteiger partial charge in [-0.15, -0.1) is 0 Å². The van der Waals surface area contributed by atoms with Crippen LogP contribution in [0, 0.1) is 5.92 Å². The number of aromatic nitrogens is 3. The standard InChI is InChI=1S/C27H25ClN4O6/c1-14-9-18(33)16(12-29-17(26-30-13-31-32-26)10-15-7-5-4-6-8-15)24(34)27(14)25(35)21-19(36-2)11-20(37-3)22(28)23(21)38-27/h4-8,11-14,17,34H,9-10H2,1-3H3,(H,30,31,32)/t14-,17?,27+/m1/s1. The van der Waals surface area contributed by atoms with Crippen LogP contribution in [0.5, 0.6) is 17.2 Å². The summed E-state index contributed by atoms with van der Waals surface area (Å²) in [6.45, 7) is 1.66. The molecule has 1 aliphatic carbocycles. The highest BCUT2D eigenvalue weighted by Gasteiger charge is 2.60. The van der Waals surface area contributed by atoms with E-state index in [0.717, 1.165) is 5.56 Å². The van der Waals surface area contributed by atoms with E-state index in [1.165, 1.54) is 32.8 Å². The van der Waals surface area contributed by atoms with E-state index < -0.39 is 29.1 Å². The number of nitrogens with one attached hydrogen (secondary N) is 1. The minimum atomic E-state index is -1.87. The van der Waals surface area contributed by atoms with Crippen LogP contribution in [0.25, 0.3) is 0 Å². The number of aliphatic imine (C=N–C) groups is 1. The molecule has 10 nitrogen and oxygen atoms in total. The van der Waals surface area contributed by atoms with Crippen molar-refractivity contribution in [2.45, 2.75) is 31.4 Å². The van der Waals surface area contributed by atoms with E-state index in [9.17, 15) is 14.7 Å². The Morgan fingerprint density at radius 1 is 1.26 bits per heavy atom. The van der Waals surface area contributed by atoms with Crippen LogP contribution in [0.3, 0.4) is 0 Å². The van der Waals surface area contributed by atoms with Gasteiger partial charge in [-0.3, -0.25) is 19.7 Å². The maximum atomic E-state index is 13.9. The van der Waals surface area contributed by atoms with Gasteiger partial charge in [0.2, 0.25) is 11.4 Å². The number of carbonyl (C=O) groups is 2. The van der Waals surface area contributed by atoms with Crippen LogP contribution >= 0.6 is 11.6 Å². The highest BCUT2D eigenvalue weighted by atomic mass is 35.5. The third-order valence-corrected chi connectivity index (χ3v) is 7.27. The first-order chi connectivity index (χ1) is 18.3. The lowest BCUT2D eigenvalue weighted by Gasteiger charge is -2.36. The summed E-state index contributed by atoms with van der Waals surface area (Å²) in [5, 5.41) is 18.3. The first kappa shape index (κ1) is 25.5. The van der Waals surface area contributed by atoms with Crippen LogP contribution in [-0.4, -0.2) is 57.9 Å². The highest BCUT2D eigenvalue weighted by Crippen LogP contribution is 2.54. The molecule has 0 saturated carbocycles. The zero-order chi connectivity index (χ0) is 27.0. The van der Waals surface area contributed by atoms with Crippen molar-refractivity contribution in [3.63, 3.8) is 0 Å². The molecule has 5 rings (SSSR count). The summed E-state index contributed by atoms with van der Waals surface area (Å²) >= 11 is 6.48. The molecular weight excluding hydrogens is 512 g/mol. The number of aliphatic hydroxyl groups is 1. The van der Waals surface area contributed by atoms with Crippen molar-refractivity contribution in [1.29, 1.82) is 0 Å². The van der Waals surface area contributed by atoms with Gasteiger partial charge in [-0.05, 0) is 5.56 Å². The lowest BCUT2D eigenvalue weighted by molar-refractivity contribution is -0.118. The minimum Gasteiger partial charge on any atom is -0.507 e. The van der Waals surface area contributed by atoms with E-state index in [-0.39, 0.29) is 45.6 Å². The third-order valence-electron chi connectivity index (χ3n) is 6.92. The lowest BCUT2D eigenvalue weighted by Crippen LogP contribution is -2.52. The van der Waals surface area contributed by atoms with Crippen molar-refractivity contribution in [3.8, 4) is 17.2 Å². The average Bonchev–Trinajstić information content (AvgIpc) is 3.56. The molecule has 1 aromatic heterocycles. The van der Waals surface area contributed by atoms with Crippen LogP contribution < -0.4 is 14.2 Å². The fourth-order valence-electron chi connectivity index (χ4n) is 4.91. The molecule has 196 valence electrons. The number of nitrogens with zero attached hydrogens (tertiary/aromatic N) is 3. The second kappa shape index (κ2) is 9.94. The van der Waals surface area contributed by atoms with Gasteiger partial charge in [-0.25, -0.2) is 4.98 Å². The highest BCUT2D eigenvalue weighted by molar-refractivity contribution is 6.35. The number of aromatic amines is 1. The third kappa shape index (κ3) is 4.01. The number of rotatable bonds is 7. The fourth-order valence-corrected chi connectivity index (χ4v) is 5.17. The van der Waals surface area contributed by atoms with E-state index >= 15 is 0 Å². The summed E-state index contributed by atoms with van der Waals surface area (Å²) < 4.78 is 16.9. The van der Waals surface area contributed by atoms with Gasteiger partial charge in [0, 0.05) is 31.0 Å². The number of hydrogen-bond donors (Lipinski definition) is 2. The van der Waals surface area contributed by atoms with Crippen molar-refractivity contribution < 1.29 is 28.9 Å². The van der Waals surface area contributed by atoms with Gasteiger partial charge in [0.1, 0.15) is 40.3 Å². The van der Waals surface area contributed by atoms with E-state index in [2.05, 4.69) is 20.2 Å². The van der Waals surface area contributed by atoms with Gasteiger partial charge in [0.05, 0.1) is 19.8 Å². The summed E-state index contributed by atoms with van der Waals surface area (Å²) in [5.41, 5.74) is -0.929. The molecule has 0 radical (unpaired) electrons. The Hall–Kier alpha value is -4.18. The SMILES string of the molecule is COc1cc(OC)c2c(c1Cl)O[C@]1(C2=O)C(O)=C(C=NC(Cc2ccccc2)c2ncn[nH]2)C(=O)C[C@H]1C. The number of carbonyl (C=O) groups excluding carboxylic acids is 2. The van der Waals surface area contributed by atoms with E-state index in [1.807, 2.05) is 30.3 Å². The van der Waals surface area contributed by atoms with Crippen molar-refractivity contribution in [2.75, 3.05) is 14.2 Å². The number of aliphatic hydroxyl groups excluding tert-OH is 1. The molecule has 3 atom stereocenters. The first-order valence-corrected chi connectivity index (χ1v) is 12.3. The van der Waals surface area contributed by atoms with Crippen LogP contribution in [0.15, 0.2) is 59.1 Å². The quantitative estimate of drug-likeness (QED) is 0.427. The number of hydrogen-bond acceptors (Lipinski definition) is 9. The van der Waals surface area contributed by atoms with Crippen molar-refractivity contribution in [1.82, 2.24) is 15.2 Å². The molecule has 3 aromatic rings. The maximum absolute atomic E-state index is 13.9. The molecule has 2 heterocycles. The van der Waals surface area contributed by atoms with E-state index in [1.54, 1.807) is 6.92 Å². The Balaban J connectivity index is 1.58. The van der Waals surface area contributed by atoms with Crippen LogP contribution in [-0.2, 0) is 11.2 Å². The molecule has 38 heavy (non-hydrogen) atoms. The molecule has 0 saturated heterocycles. The molecule has 2 aromatic carbocycles. The Morgan fingerprint density at radius 2 is 2.00 bits per heavy atom. The van der Waals surface area contributed by atoms with Gasteiger partial charge in [-0.2, -0.15) is 5.10 Å². The lowest BCUT2D eigenvalue weighted by atomic mass is 9.73. The fraction of sp³-hybridized carbons (Fsp3) is 0.296. The van der Waals surface area contributed by atoms with Crippen LogP contribution in [0.4, 0.5) is 0 Å². The summed E-state index contributed by atoms with van der Waals surface area (Å²) in [7, 11) is 2.83. The number of ether oxygens (including phenoxy) is 3. The Labute approximate surface area is 223 Å². The first-order valence-electron chi connectivity index (χ1n) is 11.9. The zero-order valence-electron chi connectivity index (χ0n) is 20.9. The smallest absolute Gasteiger partial charge is 0.231 e. The molecule has 0 fully saturated rings. The maximum Gasteiger partial charge on any atom is 0.231 e. The number of halogens is 1. The van der Waals surface area contributed by atoms with Gasteiger partial charge < -0.3 is 19.3 Å². The van der Waals surface area contributed by atoms with Gasteiger partial charge in [0.15, 0.2) is 17.3 Å². The van der Waals surface area contributed by atoms with Gasteiger partial charge in [0.25, 0.3) is 0 Å². The number of benzene rings is 2. The molecule has 1 aliphatic heterocycles. The van der Waals surface area contributed by atoms with Crippen molar-refractivity contribution in [3.05, 3.63) is 76.0 Å². The number of fused-ring (bicyclic) bond motifs is 1. The molecule has 11 heteroatoms. The molecule has 0 bridgehead atoms. The molecule has 2 aliphatic rings. The van der Waals surface area contributed by atoms with Crippen molar-refractivity contribution in [2.24, 2.45) is 10.9 Å². The van der Waals surface area contributed by atoms with Crippen LogP contribution in [0.2, 0.25) is 5.02 Å². The normalized spacial score (nSPS) is 21.6. The second-order valence-corrected chi connectivity index (χ2v) is 9.49. The van der Waals surface area contributed by atoms with E-state index in [0.29, 0.717) is 12.2 Å². The largest absolute Gasteiger partial charge is 0.507 e. The molecule has 1 spiro atoms. The average molecular weight is 537 g/mol. The monoisotopic (exact) mass is 536 g/mol. The summed E-state index contributed by atoms with van der Waals surface area (Å²) in [6, 6.07) is 10.6. The Bertz CT molecular complexity index is 1450. The number of methoxy groups -OCH3 is 2. The molecule has 1 unspecified atom stereocenters. The van der Waals surface area contributed by atoms with Gasteiger partial charge >= 0.3 is 0 Å². The Kier molecular flexibility index (Phi) is 6.66. The minimum absolute atomic E-state index is 0.0283. The predicted octanol–water partition coefficient (Wildman–Crippen LogP) is 4.27. The second-order valence-electron chi connectivity index (χ2n) is 9.11. The number of allylic oxidation sites excluding steroid dienone is 1. The van der Waals surface area contributed by atoms with Crippen molar-refractivity contribution >= 4 is 29.4 Å². The molecular formula is C27H25ClN4O6. The number of H-pyrrole nitrogens is 1. The zero-order valence-corrected chi connectivity index (χ0v) is 21.7.